The number of alkyl halides is 3. The molecule has 1 unspecified atom stereocenters. The Morgan fingerprint density at radius 1 is 1.35 bits per heavy atom. The Bertz CT molecular complexity index is 686. The van der Waals surface area contributed by atoms with Crippen LogP contribution in [0.4, 0.5) is 17.6 Å². The van der Waals surface area contributed by atoms with E-state index in [1.54, 1.807) is 6.92 Å². The molecule has 10 heteroatoms. The van der Waals surface area contributed by atoms with E-state index in [0.717, 1.165) is 6.07 Å². The molecule has 1 aromatic heterocycles. The van der Waals surface area contributed by atoms with E-state index in [9.17, 15) is 22.4 Å². The van der Waals surface area contributed by atoms with Gasteiger partial charge < -0.3 is 4.90 Å². The number of carbonyl (C=O) groups is 1. The fourth-order valence-corrected chi connectivity index (χ4v) is 2.05. The van der Waals surface area contributed by atoms with Gasteiger partial charge in [0.1, 0.15) is 5.82 Å². The molecule has 0 saturated heterocycles. The highest BCUT2D eigenvalue weighted by Crippen LogP contribution is 2.30. The molecular formula is C13H13F4N5O. The average molecular weight is 331 g/mol. The summed E-state index contributed by atoms with van der Waals surface area (Å²) >= 11 is 0. The topological polar surface area (TPSA) is 74.8 Å². The number of amides is 1. The summed E-state index contributed by atoms with van der Waals surface area (Å²) in [7, 11) is 1.40. The third-order valence-electron chi connectivity index (χ3n) is 3.17. The summed E-state index contributed by atoms with van der Waals surface area (Å²) in [6.07, 6.45) is -4.73. The third kappa shape index (κ3) is 4.02. The van der Waals surface area contributed by atoms with E-state index in [1.165, 1.54) is 11.9 Å². The molecule has 1 N–H and O–H groups in total. The largest absolute Gasteiger partial charge is 0.416 e. The Hall–Kier alpha value is -2.52. The first-order valence-electron chi connectivity index (χ1n) is 6.55. The first-order valence-corrected chi connectivity index (χ1v) is 6.55. The molecule has 1 atom stereocenters. The molecule has 0 aliphatic heterocycles. The number of benzene rings is 1. The lowest BCUT2D eigenvalue weighted by molar-refractivity contribution is -0.137. The van der Waals surface area contributed by atoms with E-state index >= 15 is 0 Å². The molecule has 2 aromatic rings. The molecule has 1 heterocycles. The second-order valence-corrected chi connectivity index (χ2v) is 5.08. The Balaban J connectivity index is 2.18. The van der Waals surface area contributed by atoms with E-state index in [1.807, 2.05) is 0 Å². The van der Waals surface area contributed by atoms with Crippen molar-refractivity contribution >= 4 is 5.91 Å². The van der Waals surface area contributed by atoms with Crippen molar-refractivity contribution in [1.82, 2.24) is 25.5 Å². The molecule has 23 heavy (non-hydrogen) atoms. The summed E-state index contributed by atoms with van der Waals surface area (Å²) in [5.41, 5.74) is -1.58. The highest BCUT2D eigenvalue weighted by atomic mass is 19.4. The molecule has 2 rings (SSSR count). The number of aromatic amines is 1. The van der Waals surface area contributed by atoms with E-state index in [0.29, 0.717) is 18.0 Å². The molecule has 0 bridgehead atoms. The summed E-state index contributed by atoms with van der Waals surface area (Å²) in [6, 6.07) is 1.74. The van der Waals surface area contributed by atoms with Crippen molar-refractivity contribution in [1.29, 1.82) is 0 Å². The van der Waals surface area contributed by atoms with Gasteiger partial charge in [-0.2, -0.15) is 18.4 Å². The third-order valence-corrected chi connectivity index (χ3v) is 3.17. The van der Waals surface area contributed by atoms with Gasteiger partial charge in [-0.1, -0.05) is 12.1 Å². The van der Waals surface area contributed by atoms with Crippen LogP contribution in [0, 0.1) is 5.82 Å². The number of likely N-dealkylation sites (N-methyl/N-ethyl adjacent to an activating group) is 1. The molecule has 0 aliphatic rings. The van der Waals surface area contributed by atoms with Crippen LogP contribution in [0.5, 0.6) is 0 Å². The van der Waals surface area contributed by atoms with Gasteiger partial charge in [-0.25, -0.2) is 4.39 Å². The highest BCUT2D eigenvalue weighted by molar-refractivity contribution is 5.94. The second kappa shape index (κ2) is 6.31. The Kier molecular flexibility index (Phi) is 4.62. The van der Waals surface area contributed by atoms with E-state index in [2.05, 4.69) is 20.6 Å². The van der Waals surface area contributed by atoms with Crippen molar-refractivity contribution in [2.75, 3.05) is 13.6 Å². The number of aromatic nitrogens is 4. The second-order valence-electron chi connectivity index (χ2n) is 5.08. The number of tetrazole rings is 1. The van der Waals surface area contributed by atoms with Crippen molar-refractivity contribution in [3.63, 3.8) is 0 Å². The quantitative estimate of drug-likeness (QED) is 0.872. The zero-order valence-electron chi connectivity index (χ0n) is 12.2. The molecule has 6 nitrogen and oxygen atoms in total. The van der Waals surface area contributed by atoms with E-state index in [-0.39, 0.29) is 18.0 Å². The minimum absolute atomic E-state index is 0.135. The number of hydrogen-bond acceptors (Lipinski definition) is 4. The Morgan fingerprint density at radius 2 is 2.04 bits per heavy atom. The molecule has 0 radical (unpaired) electrons. The molecule has 0 fully saturated rings. The van der Waals surface area contributed by atoms with Crippen LogP contribution in [0.2, 0.25) is 0 Å². The van der Waals surface area contributed by atoms with Crippen LogP contribution < -0.4 is 0 Å². The lowest BCUT2D eigenvalue weighted by atomic mass is 10.1. The Morgan fingerprint density at radius 3 is 2.61 bits per heavy atom. The SMILES string of the molecule is CC(CN(C)C(=O)c1cc(F)cc(C(F)(F)F)c1)c1nn[nH]n1. The fourth-order valence-electron chi connectivity index (χ4n) is 2.05. The lowest BCUT2D eigenvalue weighted by Crippen LogP contribution is -2.31. The van der Waals surface area contributed by atoms with Crippen molar-refractivity contribution in [3.05, 3.63) is 41.0 Å². The molecule has 0 aliphatic carbocycles. The zero-order chi connectivity index (χ0) is 17.2. The number of H-pyrrole nitrogens is 1. The van der Waals surface area contributed by atoms with Gasteiger partial charge in [0.15, 0.2) is 5.82 Å². The van der Waals surface area contributed by atoms with Gasteiger partial charge >= 0.3 is 6.18 Å². The standard InChI is InChI=1S/C13H13F4N5O/c1-7(11-18-20-21-19-11)6-22(2)12(23)8-3-9(13(15,16)17)5-10(14)4-8/h3-5,7H,6H2,1-2H3,(H,18,19,20,21). The van der Waals surface area contributed by atoms with Crippen LogP contribution in [-0.4, -0.2) is 45.0 Å². The molecule has 0 saturated carbocycles. The molecule has 1 amide bonds. The maximum Gasteiger partial charge on any atom is 0.416 e. The smallest absolute Gasteiger partial charge is 0.341 e. The van der Waals surface area contributed by atoms with Gasteiger partial charge in [0, 0.05) is 25.1 Å². The Labute approximate surface area is 128 Å². The van der Waals surface area contributed by atoms with Gasteiger partial charge in [0.25, 0.3) is 5.91 Å². The number of nitrogens with one attached hydrogen (secondary N) is 1. The van der Waals surface area contributed by atoms with Crippen molar-refractivity contribution in [2.45, 2.75) is 19.0 Å². The minimum Gasteiger partial charge on any atom is -0.341 e. The normalized spacial score (nSPS) is 13.0. The molecule has 124 valence electrons. The van der Waals surface area contributed by atoms with Crippen LogP contribution in [0.25, 0.3) is 0 Å². The van der Waals surface area contributed by atoms with Crippen LogP contribution >= 0.6 is 0 Å². The van der Waals surface area contributed by atoms with Gasteiger partial charge in [0.2, 0.25) is 0 Å². The first kappa shape index (κ1) is 16.8. The van der Waals surface area contributed by atoms with Gasteiger partial charge in [-0.05, 0) is 18.2 Å². The van der Waals surface area contributed by atoms with Crippen molar-refractivity contribution in [3.8, 4) is 0 Å². The summed E-state index contributed by atoms with van der Waals surface area (Å²) in [6.45, 7) is 1.86. The summed E-state index contributed by atoms with van der Waals surface area (Å²) < 4.78 is 51.4. The number of hydrogen-bond donors (Lipinski definition) is 1. The molecule has 0 spiro atoms. The summed E-state index contributed by atoms with van der Waals surface area (Å²) in [4.78, 5) is 13.4. The van der Waals surface area contributed by atoms with Gasteiger partial charge in [0.05, 0.1) is 5.56 Å². The zero-order valence-corrected chi connectivity index (χ0v) is 12.2. The number of nitrogens with zero attached hydrogens (tertiary/aromatic N) is 4. The van der Waals surface area contributed by atoms with Gasteiger partial charge in [-0.15, -0.1) is 10.2 Å². The first-order chi connectivity index (χ1) is 10.7. The number of halogens is 4. The summed E-state index contributed by atoms with van der Waals surface area (Å²) in [5, 5.41) is 13.2. The van der Waals surface area contributed by atoms with Crippen LogP contribution in [0.1, 0.15) is 34.6 Å². The highest BCUT2D eigenvalue weighted by Gasteiger charge is 2.32. The van der Waals surface area contributed by atoms with Crippen molar-refractivity contribution in [2.24, 2.45) is 0 Å². The van der Waals surface area contributed by atoms with Crippen LogP contribution in [0.3, 0.4) is 0 Å². The van der Waals surface area contributed by atoms with E-state index < -0.39 is 23.5 Å². The predicted octanol–water partition coefficient (Wildman–Crippen LogP) is 2.23. The summed E-state index contributed by atoms with van der Waals surface area (Å²) in [5.74, 6) is -1.79. The van der Waals surface area contributed by atoms with Crippen LogP contribution in [0.15, 0.2) is 18.2 Å². The average Bonchev–Trinajstić information content (AvgIpc) is 2.99. The maximum atomic E-state index is 13.4. The van der Waals surface area contributed by atoms with Gasteiger partial charge in [-0.3, -0.25) is 4.79 Å². The van der Waals surface area contributed by atoms with E-state index in [4.69, 9.17) is 0 Å². The molecular weight excluding hydrogens is 318 g/mol. The fraction of sp³-hybridized carbons (Fsp3) is 0.385. The van der Waals surface area contributed by atoms with Crippen molar-refractivity contribution < 1.29 is 22.4 Å². The van der Waals surface area contributed by atoms with Crippen LogP contribution in [-0.2, 0) is 6.18 Å². The monoisotopic (exact) mass is 331 g/mol. The number of carbonyl (C=O) groups excluding carboxylic acids is 1. The lowest BCUT2D eigenvalue weighted by Gasteiger charge is -2.20. The molecule has 1 aromatic carbocycles. The predicted molar refractivity (Wildman–Crippen MR) is 71.0 cm³/mol. The number of rotatable bonds is 4. The maximum absolute atomic E-state index is 13.4. The minimum atomic E-state index is -4.73.